The molecule has 2 fully saturated rings. The molecule has 0 aromatic rings. The Labute approximate surface area is 93.8 Å². The van der Waals surface area contributed by atoms with E-state index in [2.05, 4.69) is 19.3 Å². The van der Waals surface area contributed by atoms with Crippen LogP contribution in [0.2, 0.25) is 0 Å². The van der Waals surface area contributed by atoms with Gasteiger partial charge >= 0.3 is 0 Å². The molecule has 1 saturated heterocycles. The van der Waals surface area contributed by atoms with Crippen LogP contribution in [0.15, 0.2) is 0 Å². The van der Waals surface area contributed by atoms with Gasteiger partial charge in [-0.05, 0) is 51.5 Å². The Bertz CT molecular complexity index is 201. The van der Waals surface area contributed by atoms with E-state index in [4.69, 9.17) is 4.74 Å². The summed E-state index contributed by atoms with van der Waals surface area (Å²) in [5.74, 6) is 0.851. The zero-order valence-electron chi connectivity index (χ0n) is 10.2. The van der Waals surface area contributed by atoms with E-state index < -0.39 is 0 Å². The van der Waals surface area contributed by atoms with Gasteiger partial charge in [0.25, 0.3) is 0 Å². The van der Waals surface area contributed by atoms with Crippen molar-refractivity contribution in [1.82, 2.24) is 5.32 Å². The van der Waals surface area contributed by atoms with Gasteiger partial charge in [-0.25, -0.2) is 0 Å². The zero-order valence-corrected chi connectivity index (χ0v) is 10.2. The predicted octanol–water partition coefficient (Wildman–Crippen LogP) is 2.72. The van der Waals surface area contributed by atoms with Crippen molar-refractivity contribution in [3.05, 3.63) is 0 Å². The average molecular weight is 211 g/mol. The summed E-state index contributed by atoms with van der Waals surface area (Å²) in [6.07, 6.45) is 9.17. The van der Waals surface area contributed by atoms with Crippen molar-refractivity contribution in [1.29, 1.82) is 0 Å². The lowest BCUT2D eigenvalue weighted by molar-refractivity contribution is -0.147. The van der Waals surface area contributed by atoms with E-state index in [0.29, 0.717) is 5.60 Å². The summed E-state index contributed by atoms with van der Waals surface area (Å²) in [7, 11) is 2.11. The molecular formula is C13H25NO. The van der Waals surface area contributed by atoms with Gasteiger partial charge < -0.3 is 10.1 Å². The SMILES string of the molecule is CCCC(NC)C1CCOC2(CCC2)C1. The Kier molecular flexibility index (Phi) is 3.68. The Morgan fingerprint density at radius 3 is 2.80 bits per heavy atom. The minimum Gasteiger partial charge on any atom is -0.375 e. The molecule has 0 bridgehead atoms. The van der Waals surface area contributed by atoms with E-state index in [1.165, 1.54) is 44.9 Å². The van der Waals surface area contributed by atoms with Crippen molar-refractivity contribution in [2.24, 2.45) is 5.92 Å². The van der Waals surface area contributed by atoms with Crippen LogP contribution < -0.4 is 5.32 Å². The van der Waals surface area contributed by atoms with Crippen molar-refractivity contribution < 1.29 is 4.74 Å². The summed E-state index contributed by atoms with van der Waals surface area (Å²) >= 11 is 0. The van der Waals surface area contributed by atoms with Crippen LogP contribution in [0.25, 0.3) is 0 Å². The van der Waals surface area contributed by atoms with Gasteiger partial charge in [0, 0.05) is 12.6 Å². The fourth-order valence-electron chi connectivity index (χ4n) is 3.26. The van der Waals surface area contributed by atoms with Crippen molar-refractivity contribution in [3.63, 3.8) is 0 Å². The third kappa shape index (κ3) is 2.36. The largest absolute Gasteiger partial charge is 0.375 e. The van der Waals surface area contributed by atoms with Gasteiger partial charge in [-0.15, -0.1) is 0 Å². The number of rotatable bonds is 4. The second-order valence-electron chi connectivity index (χ2n) is 5.32. The van der Waals surface area contributed by atoms with Gasteiger partial charge in [-0.3, -0.25) is 0 Å². The molecule has 1 aliphatic carbocycles. The fraction of sp³-hybridized carbons (Fsp3) is 1.00. The second-order valence-corrected chi connectivity index (χ2v) is 5.32. The molecule has 1 aliphatic heterocycles. The predicted molar refractivity (Wildman–Crippen MR) is 63.0 cm³/mol. The normalized spacial score (nSPS) is 31.2. The molecule has 0 aromatic carbocycles. The van der Waals surface area contributed by atoms with Gasteiger partial charge in [0.1, 0.15) is 0 Å². The fourth-order valence-corrected chi connectivity index (χ4v) is 3.26. The Morgan fingerprint density at radius 2 is 2.27 bits per heavy atom. The molecule has 0 amide bonds. The second kappa shape index (κ2) is 4.84. The molecule has 1 spiro atoms. The molecule has 88 valence electrons. The first-order valence-electron chi connectivity index (χ1n) is 6.61. The van der Waals surface area contributed by atoms with Crippen LogP contribution in [0.3, 0.4) is 0 Å². The first-order valence-corrected chi connectivity index (χ1v) is 6.61. The maximum absolute atomic E-state index is 5.98. The van der Waals surface area contributed by atoms with Gasteiger partial charge in [-0.1, -0.05) is 13.3 Å². The topological polar surface area (TPSA) is 21.3 Å². The minimum absolute atomic E-state index is 0.311. The maximum Gasteiger partial charge on any atom is 0.0685 e. The molecule has 0 aromatic heterocycles. The summed E-state index contributed by atoms with van der Waals surface area (Å²) < 4.78 is 5.98. The molecule has 15 heavy (non-hydrogen) atoms. The van der Waals surface area contributed by atoms with E-state index in [9.17, 15) is 0 Å². The molecule has 2 aliphatic rings. The van der Waals surface area contributed by atoms with Crippen molar-refractivity contribution in [3.8, 4) is 0 Å². The quantitative estimate of drug-likeness (QED) is 0.772. The van der Waals surface area contributed by atoms with Crippen molar-refractivity contribution in [2.75, 3.05) is 13.7 Å². The summed E-state index contributed by atoms with van der Waals surface area (Å²) in [5.41, 5.74) is 0.311. The number of hydrogen-bond donors (Lipinski definition) is 1. The van der Waals surface area contributed by atoms with Crippen LogP contribution in [0.1, 0.15) is 51.9 Å². The molecule has 1 N–H and O–H groups in total. The highest BCUT2D eigenvalue weighted by atomic mass is 16.5. The molecule has 1 heterocycles. The van der Waals surface area contributed by atoms with Gasteiger partial charge in [-0.2, -0.15) is 0 Å². The third-order valence-electron chi connectivity index (χ3n) is 4.34. The summed E-state index contributed by atoms with van der Waals surface area (Å²) in [4.78, 5) is 0. The molecule has 2 atom stereocenters. The standard InChI is InChI=1S/C13H25NO/c1-3-5-12(14-2)11-6-9-15-13(10-11)7-4-8-13/h11-12,14H,3-10H2,1-2H3. The average Bonchev–Trinajstić information content (AvgIpc) is 2.24. The lowest BCUT2D eigenvalue weighted by Gasteiger charge is -2.48. The Balaban J connectivity index is 1.90. The maximum atomic E-state index is 5.98. The van der Waals surface area contributed by atoms with Gasteiger partial charge in [0.05, 0.1) is 5.60 Å². The Hall–Kier alpha value is -0.0800. The van der Waals surface area contributed by atoms with Crippen LogP contribution in [0, 0.1) is 5.92 Å². The van der Waals surface area contributed by atoms with E-state index in [1.54, 1.807) is 0 Å². The lowest BCUT2D eigenvalue weighted by atomic mass is 9.70. The summed E-state index contributed by atoms with van der Waals surface area (Å²) in [5, 5.41) is 3.50. The van der Waals surface area contributed by atoms with Gasteiger partial charge in [0.15, 0.2) is 0 Å². The molecule has 0 radical (unpaired) electrons. The van der Waals surface area contributed by atoms with Crippen LogP contribution in [-0.2, 0) is 4.74 Å². The monoisotopic (exact) mass is 211 g/mol. The first kappa shape index (κ1) is 11.4. The molecule has 1 saturated carbocycles. The van der Waals surface area contributed by atoms with E-state index in [-0.39, 0.29) is 0 Å². The van der Waals surface area contributed by atoms with Gasteiger partial charge in [0.2, 0.25) is 0 Å². The molecule has 2 nitrogen and oxygen atoms in total. The molecule has 2 unspecified atom stereocenters. The Morgan fingerprint density at radius 1 is 1.47 bits per heavy atom. The van der Waals surface area contributed by atoms with Crippen molar-refractivity contribution >= 4 is 0 Å². The number of ether oxygens (including phenoxy) is 1. The highest BCUT2D eigenvalue weighted by Gasteiger charge is 2.43. The van der Waals surface area contributed by atoms with Crippen LogP contribution in [-0.4, -0.2) is 25.3 Å². The van der Waals surface area contributed by atoms with E-state index >= 15 is 0 Å². The van der Waals surface area contributed by atoms with Crippen LogP contribution >= 0.6 is 0 Å². The first-order chi connectivity index (χ1) is 7.29. The smallest absolute Gasteiger partial charge is 0.0685 e. The summed E-state index contributed by atoms with van der Waals surface area (Å²) in [6, 6.07) is 0.719. The molecule has 2 heteroatoms. The lowest BCUT2D eigenvalue weighted by Crippen LogP contribution is -2.49. The van der Waals surface area contributed by atoms with Crippen LogP contribution in [0.4, 0.5) is 0 Å². The summed E-state index contributed by atoms with van der Waals surface area (Å²) in [6.45, 7) is 3.27. The molecule has 2 rings (SSSR count). The number of nitrogens with one attached hydrogen (secondary N) is 1. The highest BCUT2D eigenvalue weighted by Crippen LogP contribution is 2.45. The number of hydrogen-bond acceptors (Lipinski definition) is 2. The van der Waals surface area contributed by atoms with E-state index in [0.717, 1.165) is 18.6 Å². The van der Waals surface area contributed by atoms with Crippen molar-refractivity contribution in [2.45, 2.75) is 63.5 Å². The van der Waals surface area contributed by atoms with Crippen LogP contribution in [0.5, 0.6) is 0 Å². The highest BCUT2D eigenvalue weighted by molar-refractivity contribution is 4.96. The minimum atomic E-state index is 0.311. The third-order valence-corrected chi connectivity index (χ3v) is 4.34. The zero-order chi connectivity index (χ0) is 10.7. The van der Waals surface area contributed by atoms with E-state index in [1.807, 2.05) is 0 Å². The molecular weight excluding hydrogens is 186 g/mol.